The van der Waals surface area contributed by atoms with Crippen molar-refractivity contribution in [1.82, 2.24) is 59.8 Å². The summed E-state index contributed by atoms with van der Waals surface area (Å²) in [5.74, 6) is 1.55. The lowest BCUT2D eigenvalue weighted by Crippen LogP contribution is -2.17. The van der Waals surface area contributed by atoms with E-state index < -0.39 is 0 Å². The number of nitrogens with zero attached hydrogens (tertiary/aromatic N) is 12. The molecule has 0 unspecified atom stereocenters. The average molecular weight is 1150 g/mol. The van der Waals surface area contributed by atoms with Crippen LogP contribution in [0.2, 0.25) is 0 Å². The predicted octanol–water partition coefficient (Wildman–Crippen LogP) is 17.9. The average Bonchev–Trinajstić information content (AvgIpc) is 0.800. The largest absolute Gasteiger partial charge is 0.319 e. The van der Waals surface area contributed by atoms with Crippen molar-refractivity contribution in [2.45, 2.75) is 209 Å². The van der Waals surface area contributed by atoms with Crippen molar-refractivity contribution in [3.05, 3.63) is 117 Å². The molecule has 2 N–H and O–H groups in total. The number of nitrogens with one attached hydrogen (secondary N) is 2. The van der Waals surface area contributed by atoms with Gasteiger partial charge in [-0.2, -0.15) is 0 Å². The molecule has 0 saturated carbocycles. The van der Waals surface area contributed by atoms with E-state index >= 15 is 0 Å². The molecule has 0 radical (unpaired) electrons. The zero-order valence-corrected chi connectivity index (χ0v) is 55.3. The Morgan fingerprint density at radius 2 is 0.326 bits per heavy atom. The first-order valence-electron chi connectivity index (χ1n) is 30.3. The third-order valence-electron chi connectivity index (χ3n) is 16.5. The van der Waals surface area contributed by atoms with Gasteiger partial charge in [-0.15, -0.1) is 0 Å². The van der Waals surface area contributed by atoms with Gasteiger partial charge in [0.15, 0.2) is 23.3 Å². The van der Waals surface area contributed by atoms with Gasteiger partial charge in [0.05, 0.1) is 22.8 Å². The summed E-state index contributed by atoms with van der Waals surface area (Å²) in [5.41, 5.74) is 17.8. The standard InChI is InChI=1S/C72H86N14/c1-65(2,3)41-25-37(26-42(33-41)66(4,5)6)49-50(38-27-43(67(7,8)9)34-44(28-38)68(10,11)12)74-54-53(73-49)77-57-58(78-54)82-62-61(81-57)85-63-64(86-62)84-60-59(83-63)79-55-56(80-60)76-52(40-31-47(71(19,20)21)36-48(32-40)72(22,23)24)51(75-55)39-29-45(69(13,14)15)35-46(30-39)70(16,17)18/h25-36H,1-24H3,(H,73,75,77,79,81,83,85)(H,74,76,78,80,82,84,86). The number of fused-ring (bicyclic) bond motifs is 6. The maximum Gasteiger partial charge on any atom is 0.202 e. The van der Waals surface area contributed by atoms with Crippen LogP contribution in [0.25, 0.3) is 90.2 Å². The summed E-state index contributed by atoms with van der Waals surface area (Å²) in [6.45, 7) is 54.0. The monoisotopic (exact) mass is 1150 g/mol. The molecule has 11 rings (SSSR count). The molecule has 0 amide bonds. The number of hydrogen-bond acceptors (Lipinski definition) is 14. The molecule has 10 aromatic rings. The molecular formula is C72H86N14. The molecule has 14 heteroatoms. The van der Waals surface area contributed by atoms with E-state index in [-0.39, 0.29) is 65.9 Å². The zero-order valence-electron chi connectivity index (χ0n) is 55.3. The van der Waals surface area contributed by atoms with E-state index in [0.717, 1.165) is 45.0 Å². The summed E-state index contributed by atoms with van der Waals surface area (Å²) in [7, 11) is 0. The van der Waals surface area contributed by atoms with Crippen molar-refractivity contribution < 1.29 is 0 Å². The van der Waals surface area contributed by atoms with Crippen molar-refractivity contribution in [3.63, 3.8) is 0 Å². The van der Waals surface area contributed by atoms with Gasteiger partial charge < -0.3 is 10.6 Å². The zero-order chi connectivity index (χ0) is 62.6. The van der Waals surface area contributed by atoms with Gasteiger partial charge in [0.2, 0.25) is 45.2 Å². The summed E-state index contributed by atoms with van der Waals surface area (Å²) >= 11 is 0. The van der Waals surface area contributed by atoms with Crippen LogP contribution < -0.4 is 10.6 Å². The normalized spacial score (nSPS) is 13.8. The second kappa shape index (κ2) is 19.8. The fourth-order valence-corrected chi connectivity index (χ4v) is 10.6. The van der Waals surface area contributed by atoms with Crippen molar-refractivity contribution in [3.8, 4) is 45.0 Å². The van der Waals surface area contributed by atoms with Gasteiger partial charge in [-0.25, -0.2) is 59.8 Å². The Kier molecular flexibility index (Phi) is 13.7. The molecule has 0 atom stereocenters. The Hall–Kier alpha value is -8.00. The molecule has 86 heavy (non-hydrogen) atoms. The molecule has 0 fully saturated rings. The third-order valence-corrected chi connectivity index (χ3v) is 16.5. The molecule has 4 aromatic carbocycles. The minimum atomic E-state index is -0.137. The van der Waals surface area contributed by atoms with Crippen molar-refractivity contribution in [2.24, 2.45) is 0 Å². The Morgan fingerprint density at radius 1 is 0.186 bits per heavy atom. The topological polar surface area (TPSA) is 179 Å². The number of rotatable bonds is 4. The van der Waals surface area contributed by atoms with Crippen LogP contribution in [0.15, 0.2) is 72.8 Å². The van der Waals surface area contributed by atoms with E-state index in [4.69, 9.17) is 59.8 Å². The van der Waals surface area contributed by atoms with E-state index in [2.05, 4.69) is 250 Å². The highest BCUT2D eigenvalue weighted by molar-refractivity contribution is 5.93. The van der Waals surface area contributed by atoms with Crippen molar-refractivity contribution in [2.75, 3.05) is 10.6 Å². The Morgan fingerprint density at radius 3 is 0.465 bits per heavy atom. The van der Waals surface area contributed by atoms with Crippen LogP contribution in [-0.2, 0) is 43.3 Å². The fourth-order valence-electron chi connectivity index (χ4n) is 10.6. The van der Waals surface area contributed by atoms with Crippen LogP contribution in [0.5, 0.6) is 0 Å². The first-order chi connectivity index (χ1) is 39.5. The number of anilines is 4. The molecule has 0 saturated heterocycles. The highest BCUT2D eigenvalue weighted by atomic mass is 15.3. The molecule has 0 aliphatic carbocycles. The second-order valence-electron chi connectivity index (χ2n) is 32.2. The molecular weight excluding hydrogens is 1060 g/mol. The Labute approximate surface area is 508 Å². The van der Waals surface area contributed by atoms with E-state index in [0.29, 0.717) is 45.9 Å². The lowest BCUT2D eigenvalue weighted by atomic mass is 9.78. The smallest absolute Gasteiger partial charge is 0.202 e. The van der Waals surface area contributed by atoms with Crippen molar-refractivity contribution >= 4 is 68.4 Å². The Bertz CT molecular complexity index is 3730. The van der Waals surface area contributed by atoms with Crippen LogP contribution >= 0.6 is 0 Å². The van der Waals surface area contributed by atoms with Gasteiger partial charge >= 0.3 is 0 Å². The second-order valence-corrected chi connectivity index (χ2v) is 32.2. The SMILES string of the molecule is CC(C)(C)c1cc(-c2nc3nc4nc5c(nc4nc3nc2-c2cc(C(C)(C)C)cc(C(C)(C)C)c2)Nc2nc3nc4nc(-c6cc(C(C)(C)C)cc(C(C)(C)C)c6)c(-c6cc(C(C)(C)C)cc(C(C)(C)C)c6)nc4nc3nc2N5)cc(C(C)(C)C)c1. The van der Waals surface area contributed by atoms with E-state index in [1.165, 1.54) is 44.5 Å². The van der Waals surface area contributed by atoms with Crippen LogP contribution in [0.1, 0.15) is 211 Å². The summed E-state index contributed by atoms with van der Waals surface area (Å²) in [6.07, 6.45) is 0. The van der Waals surface area contributed by atoms with Gasteiger partial charge in [0, 0.05) is 22.3 Å². The molecule has 1 aliphatic heterocycles. The molecule has 1 aliphatic rings. The highest BCUT2D eigenvalue weighted by Gasteiger charge is 2.31. The highest BCUT2D eigenvalue weighted by Crippen LogP contribution is 2.44. The van der Waals surface area contributed by atoms with Gasteiger partial charge in [-0.3, -0.25) is 0 Å². The summed E-state index contributed by atoms with van der Waals surface area (Å²) < 4.78 is 0. The molecule has 14 nitrogen and oxygen atoms in total. The van der Waals surface area contributed by atoms with Crippen LogP contribution in [0, 0.1) is 0 Å². The van der Waals surface area contributed by atoms with Crippen LogP contribution in [0.3, 0.4) is 0 Å². The van der Waals surface area contributed by atoms with Gasteiger partial charge in [-0.05, 0) is 136 Å². The minimum absolute atomic E-state index is 0.137. The van der Waals surface area contributed by atoms with Crippen molar-refractivity contribution in [1.29, 1.82) is 0 Å². The number of hydrogen-bond donors (Lipinski definition) is 2. The summed E-state index contributed by atoms with van der Waals surface area (Å²) in [4.78, 5) is 62.1. The number of aromatic nitrogens is 12. The summed E-state index contributed by atoms with van der Waals surface area (Å²) in [6, 6.07) is 27.4. The maximum absolute atomic E-state index is 5.42. The first-order valence-corrected chi connectivity index (χ1v) is 30.3. The minimum Gasteiger partial charge on any atom is -0.319 e. The lowest BCUT2D eigenvalue weighted by molar-refractivity contribution is 0.568. The van der Waals surface area contributed by atoms with E-state index in [1.807, 2.05) is 0 Å². The Balaban J connectivity index is 1.07. The van der Waals surface area contributed by atoms with E-state index in [1.54, 1.807) is 0 Å². The van der Waals surface area contributed by atoms with Crippen LogP contribution in [0.4, 0.5) is 23.3 Å². The van der Waals surface area contributed by atoms with E-state index in [9.17, 15) is 0 Å². The molecule has 6 aromatic heterocycles. The maximum atomic E-state index is 5.42. The lowest BCUT2D eigenvalue weighted by Gasteiger charge is -2.27. The quantitative estimate of drug-likeness (QED) is 0.159. The van der Waals surface area contributed by atoms with Gasteiger partial charge in [0.25, 0.3) is 0 Å². The van der Waals surface area contributed by atoms with Gasteiger partial charge in [-0.1, -0.05) is 190 Å². The summed E-state index contributed by atoms with van der Waals surface area (Å²) in [5, 5.41) is 6.78. The fraction of sp³-hybridized carbons (Fsp3) is 0.444. The van der Waals surface area contributed by atoms with Gasteiger partial charge in [0.1, 0.15) is 0 Å². The third kappa shape index (κ3) is 11.6. The molecule has 0 spiro atoms. The molecule has 0 bridgehead atoms. The predicted molar refractivity (Wildman–Crippen MR) is 354 cm³/mol. The first kappa shape index (κ1) is 59.7. The van der Waals surface area contributed by atoms with Crippen LogP contribution in [-0.4, -0.2) is 59.8 Å². The number of benzene rings is 4. The molecule has 7 heterocycles. The molecule has 444 valence electrons.